The second-order valence-electron chi connectivity index (χ2n) is 2.79. The van der Waals surface area contributed by atoms with Gasteiger partial charge >= 0.3 is 11.9 Å². The van der Waals surface area contributed by atoms with Crippen LogP contribution in [-0.4, -0.2) is 30.5 Å². The van der Waals surface area contributed by atoms with Crippen LogP contribution in [0.4, 0.5) is 0 Å². The molecular weight excluding hydrogens is 231 g/mol. The van der Waals surface area contributed by atoms with Crippen molar-refractivity contribution >= 4 is 20.3 Å². The molecule has 84 valence electrons. The number of ether oxygens (including phenoxy) is 2. The van der Waals surface area contributed by atoms with Gasteiger partial charge in [-0.1, -0.05) is 0 Å². The Morgan fingerprint density at radius 1 is 1.31 bits per heavy atom. The summed E-state index contributed by atoms with van der Waals surface area (Å²) in [7, 11) is 4.43. The molecule has 1 heterocycles. The molecule has 0 bridgehead atoms. The van der Waals surface area contributed by atoms with Gasteiger partial charge in [0.2, 0.25) is 0 Å². The quantitative estimate of drug-likeness (QED) is 0.721. The summed E-state index contributed by atoms with van der Waals surface area (Å²) in [5, 5.41) is 9.02. The van der Waals surface area contributed by atoms with E-state index in [0.29, 0.717) is 8.35 Å². The first-order valence-electron chi connectivity index (χ1n) is 4.20. The van der Waals surface area contributed by atoms with Gasteiger partial charge in [0.25, 0.3) is 0 Å². The topological polar surface area (TPSA) is 81.3 Å². The molecule has 0 saturated heterocycles. The largest absolute Gasteiger partial charge is 0.465 e. The predicted octanol–water partition coefficient (Wildman–Crippen LogP) is 1.05. The Balaban J connectivity index is 3.46. The Morgan fingerprint density at radius 3 is 2.31 bits per heavy atom. The van der Waals surface area contributed by atoms with E-state index in [2.05, 4.69) is 9.47 Å². The zero-order valence-corrected chi connectivity index (χ0v) is 9.87. The van der Waals surface area contributed by atoms with E-state index in [1.165, 1.54) is 18.5 Å². The number of aryl methyl sites for hydroxylation is 1. The normalized spacial score (nSPS) is 9.88. The third kappa shape index (κ3) is 1.90. The van der Waals surface area contributed by atoms with Crippen molar-refractivity contribution in [2.24, 2.45) is 7.05 Å². The highest BCUT2D eigenvalue weighted by Crippen LogP contribution is 2.27. The van der Waals surface area contributed by atoms with Crippen LogP contribution in [0.25, 0.3) is 0 Å². The summed E-state index contributed by atoms with van der Waals surface area (Å²) in [6.45, 7) is 0. The van der Waals surface area contributed by atoms with Crippen molar-refractivity contribution in [3.05, 3.63) is 16.6 Å². The van der Waals surface area contributed by atoms with Crippen molar-refractivity contribution in [1.82, 2.24) is 4.33 Å². The fourth-order valence-electron chi connectivity index (χ4n) is 1.19. The zero-order valence-electron chi connectivity index (χ0n) is 8.97. The van der Waals surface area contributed by atoms with E-state index in [4.69, 9.17) is 5.26 Å². The van der Waals surface area contributed by atoms with Crippen LogP contribution in [0.15, 0.2) is 0 Å². The van der Waals surface area contributed by atoms with E-state index >= 15 is 0 Å². The molecule has 0 aliphatic carbocycles. The van der Waals surface area contributed by atoms with Crippen molar-refractivity contribution in [2.45, 2.75) is 0 Å². The number of hydrogen-bond acceptors (Lipinski definition) is 5. The summed E-state index contributed by atoms with van der Waals surface area (Å²) >= 11 is 0. The van der Waals surface area contributed by atoms with E-state index in [1.807, 2.05) is 6.07 Å². The first-order valence-corrected chi connectivity index (χ1v) is 5.05. The van der Waals surface area contributed by atoms with Crippen LogP contribution < -0.4 is 0 Å². The van der Waals surface area contributed by atoms with Gasteiger partial charge in [0, 0.05) is 15.4 Å². The molecule has 1 aromatic heterocycles. The van der Waals surface area contributed by atoms with Gasteiger partial charge in [0.15, 0.2) is 0 Å². The molecule has 1 aromatic rings. The van der Waals surface area contributed by atoms with Gasteiger partial charge in [0.1, 0.15) is 22.6 Å². The highest BCUT2D eigenvalue weighted by molar-refractivity contribution is 7.29. The van der Waals surface area contributed by atoms with Crippen LogP contribution in [0.3, 0.4) is 0 Å². The number of esters is 2. The summed E-state index contributed by atoms with van der Waals surface area (Å²) < 4.78 is 10.5. The molecule has 0 aromatic carbocycles. The number of hydrogen-bond donors (Lipinski definition) is 0. The van der Waals surface area contributed by atoms with E-state index in [1.54, 1.807) is 7.05 Å². The minimum absolute atomic E-state index is 0.0268. The monoisotopic (exact) mass is 240 g/mol. The van der Waals surface area contributed by atoms with E-state index < -0.39 is 11.9 Å². The summed E-state index contributed by atoms with van der Waals surface area (Å²) in [5.74, 6) is -1.35. The first-order chi connectivity index (χ1) is 7.56. The minimum atomic E-state index is -0.714. The number of nitriles is 1. The lowest BCUT2D eigenvalue weighted by Gasteiger charge is -2.00. The maximum absolute atomic E-state index is 11.5. The van der Waals surface area contributed by atoms with Gasteiger partial charge in [-0.3, -0.25) is 0 Å². The molecule has 1 rings (SSSR count). The summed E-state index contributed by atoms with van der Waals surface area (Å²) in [6, 6.07) is 1.86. The number of rotatable bonds is 2. The fraction of sp³-hybridized carbons (Fsp3) is 0.333. The Bertz CT molecular complexity index is 486. The van der Waals surface area contributed by atoms with Crippen LogP contribution in [0.2, 0.25) is 0 Å². The lowest BCUT2D eigenvalue weighted by Crippen LogP contribution is -2.10. The summed E-state index contributed by atoms with van der Waals surface area (Å²) in [6.07, 6.45) is 0. The van der Waals surface area contributed by atoms with Crippen molar-refractivity contribution in [3.63, 3.8) is 0 Å². The Hall–Kier alpha value is -1.86. The molecule has 16 heavy (non-hydrogen) atoms. The smallest absolute Gasteiger partial charge is 0.345 e. The van der Waals surface area contributed by atoms with E-state index in [0.717, 1.165) is 0 Å². The molecule has 0 atom stereocenters. The second-order valence-corrected chi connectivity index (χ2v) is 4.04. The van der Waals surface area contributed by atoms with Crippen molar-refractivity contribution in [1.29, 1.82) is 5.26 Å². The minimum Gasteiger partial charge on any atom is -0.465 e. The molecule has 0 aliphatic heterocycles. The van der Waals surface area contributed by atoms with Crippen molar-refractivity contribution in [2.75, 3.05) is 14.2 Å². The summed E-state index contributed by atoms with van der Waals surface area (Å²) in [5.41, 5.74) is 0.0786. The molecule has 7 heteroatoms. The maximum Gasteiger partial charge on any atom is 0.345 e. The van der Waals surface area contributed by atoms with Crippen LogP contribution in [-0.2, 0) is 16.5 Å². The molecule has 6 nitrogen and oxygen atoms in total. The molecule has 0 unspecified atom stereocenters. The average molecular weight is 240 g/mol. The van der Waals surface area contributed by atoms with Gasteiger partial charge < -0.3 is 13.8 Å². The standard InChI is InChI=1S/C9H9N2O4P/c1-11-5(4-10)6(8(12)14-2)7(16-11)9(13)15-3/h1-3H3. The van der Waals surface area contributed by atoms with Gasteiger partial charge in [-0.2, -0.15) is 5.26 Å². The van der Waals surface area contributed by atoms with Gasteiger partial charge in [-0.05, 0) is 0 Å². The fourth-order valence-corrected chi connectivity index (χ4v) is 2.20. The number of methoxy groups -OCH3 is 2. The number of nitrogens with zero attached hydrogens (tertiary/aromatic N) is 2. The average Bonchev–Trinajstić information content (AvgIpc) is 2.63. The molecule has 0 spiro atoms. The molecule has 0 fully saturated rings. The number of carbonyl (C=O) groups is 2. The van der Waals surface area contributed by atoms with Gasteiger partial charge in [-0.15, -0.1) is 0 Å². The highest BCUT2D eigenvalue weighted by atomic mass is 31.0. The summed E-state index contributed by atoms with van der Waals surface area (Å²) in [4.78, 5) is 22.9. The van der Waals surface area contributed by atoms with Crippen LogP contribution >= 0.6 is 8.35 Å². The molecule has 0 amide bonds. The first kappa shape index (κ1) is 12.2. The van der Waals surface area contributed by atoms with E-state index in [-0.39, 0.29) is 16.6 Å². The van der Waals surface area contributed by atoms with Crippen LogP contribution in [0.5, 0.6) is 0 Å². The molecule has 0 N–H and O–H groups in total. The Morgan fingerprint density at radius 2 is 1.88 bits per heavy atom. The number of carbonyl (C=O) groups excluding carboxylic acids is 2. The van der Waals surface area contributed by atoms with Gasteiger partial charge in [-0.25, -0.2) is 9.59 Å². The maximum atomic E-state index is 11.5. The molecular formula is C9H9N2O4P. The lowest BCUT2D eigenvalue weighted by atomic mass is 10.2. The SMILES string of the molecule is COC(=O)c1pn(C)c(C#N)c1C(=O)OC. The van der Waals surface area contributed by atoms with Crippen LogP contribution in [0, 0.1) is 11.3 Å². The predicted molar refractivity (Wildman–Crippen MR) is 55.3 cm³/mol. The zero-order chi connectivity index (χ0) is 12.3. The van der Waals surface area contributed by atoms with Gasteiger partial charge in [0.05, 0.1) is 14.2 Å². The molecule has 0 saturated carbocycles. The Kier molecular flexibility index (Phi) is 3.64. The van der Waals surface area contributed by atoms with E-state index in [9.17, 15) is 9.59 Å². The lowest BCUT2D eigenvalue weighted by molar-refractivity contribution is 0.0560. The van der Waals surface area contributed by atoms with Crippen molar-refractivity contribution in [3.8, 4) is 6.07 Å². The third-order valence-electron chi connectivity index (χ3n) is 1.92. The Labute approximate surface area is 93.5 Å². The molecule has 0 aliphatic rings. The molecule has 0 radical (unpaired) electrons. The number of aromatic nitrogens is 1. The third-order valence-corrected chi connectivity index (χ3v) is 3.03. The highest BCUT2D eigenvalue weighted by Gasteiger charge is 2.27. The van der Waals surface area contributed by atoms with Crippen LogP contribution in [0.1, 0.15) is 26.1 Å². The van der Waals surface area contributed by atoms with Crippen molar-refractivity contribution < 1.29 is 19.1 Å². The second kappa shape index (κ2) is 4.77.